The number of amides is 1. The smallest absolute Gasteiger partial charge is 0.257 e. The minimum Gasteiger partial charge on any atom is -0.351 e. The summed E-state index contributed by atoms with van der Waals surface area (Å²) in [7, 11) is 0. The van der Waals surface area contributed by atoms with Gasteiger partial charge in [0.05, 0.1) is 5.69 Å². The number of carbonyl (C=O) groups is 1. The molecular weight excluding hydrogens is 302 g/mol. The molecule has 2 N–H and O–H groups in total. The van der Waals surface area contributed by atoms with Gasteiger partial charge in [0.2, 0.25) is 0 Å². The summed E-state index contributed by atoms with van der Waals surface area (Å²) in [5.41, 5.74) is 3.76. The van der Waals surface area contributed by atoms with Crippen LogP contribution >= 0.6 is 12.4 Å². The lowest BCUT2D eigenvalue weighted by molar-refractivity contribution is 0.0955. The second-order valence-electron chi connectivity index (χ2n) is 5.24. The van der Waals surface area contributed by atoms with Crippen molar-refractivity contribution >= 4 is 24.0 Å². The van der Waals surface area contributed by atoms with Crippen LogP contribution < -0.4 is 10.6 Å². The molecule has 1 amide bonds. The zero-order valence-electron chi connectivity index (χ0n) is 13.6. The van der Waals surface area contributed by atoms with Gasteiger partial charge in [-0.15, -0.1) is 12.4 Å². The first-order valence-corrected chi connectivity index (χ1v) is 7.37. The number of nitrogens with zero attached hydrogens (tertiary/aromatic N) is 3. The Labute approximate surface area is 137 Å². The summed E-state index contributed by atoms with van der Waals surface area (Å²) in [6.45, 7) is 10.2. The number of rotatable bonds is 6. The Hall–Kier alpha value is -1.66. The highest BCUT2D eigenvalue weighted by Crippen LogP contribution is 2.15. The molecule has 0 aliphatic rings. The molecule has 0 saturated carbocycles. The van der Waals surface area contributed by atoms with Crippen molar-refractivity contribution in [1.29, 1.82) is 0 Å². The second kappa shape index (κ2) is 8.10. The summed E-state index contributed by atoms with van der Waals surface area (Å²) in [5, 5.41) is 10.6. The van der Waals surface area contributed by atoms with Gasteiger partial charge in [0, 0.05) is 24.5 Å². The van der Waals surface area contributed by atoms with Gasteiger partial charge in [-0.05, 0) is 39.8 Å². The Morgan fingerprint density at radius 3 is 2.64 bits per heavy atom. The van der Waals surface area contributed by atoms with E-state index in [1.807, 2.05) is 26.8 Å². The van der Waals surface area contributed by atoms with E-state index in [9.17, 15) is 4.79 Å². The van der Waals surface area contributed by atoms with Crippen molar-refractivity contribution in [1.82, 2.24) is 25.2 Å². The maximum atomic E-state index is 12.4. The molecule has 2 heterocycles. The van der Waals surface area contributed by atoms with Crippen LogP contribution in [0.2, 0.25) is 0 Å². The predicted octanol–water partition coefficient (Wildman–Crippen LogP) is 1.81. The van der Waals surface area contributed by atoms with E-state index >= 15 is 0 Å². The van der Waals surface area contributed by atoms with Gasteiger partial charge >= 0.3 is 0 Å². The van der Waals surface area contributed by atoms with Crippen molar-refractivity contribution in [2.24, 2.45) is 0 Å². The highest BCUT2D eigenvalue weighted by atomic mass is 35.5. The quantitative estimate of drug-likeness (QED) is 0.795. The first-order valence-electron chi connectivity index (χ1n) is 7.37. The van der Waals surface area contributed by atoms with Gasteiger partial charge in [-0.2, -0.15) is 5.10 Å². The summed E-state index contributed by atoms with van der Waals surface area (Å²) in [6.07, 6.45) is 1.09. The van der Waals surface area contributed by atoms with Crippen molar-refractivity contribution in [3.8, 4) is 0 Å². The van der Waals surface area contributed by atoms with E-state index < -0.39 is 0 Å². The Bertz CT molecular complexity index is 653. The fourth-order valence-electron chi connectivity index (χ4n) is 2.35. The summed E-state index contributed by atoms with van der Waals surface area (Å²) in [4.78, 5) is 16.8. The molecule has 0 spiro atoms. The fraction of sp³-hybridized carbons (Fsp3) is 0.533. The average molecular weight is 326 g/mol. The van der Waals surface area contributed by atoms with Crippen molar-refractivity contribution in [3.05, 3.63) is 28.7 Å². The number of aromatic nitrogens is 3. The topological polar surface area (TPSA) is 71.3 Å². The summed E-state index contributed by atoms with van der Waals surface area (Å²) < 4.78 is 1.73. The lowest BCUT2D eigenvalue weighted by Crippen LogP contribution is -2.32. The van der Waals surface area contributed by atoms with Crippen molar-refractivity contribution < 1.29 is 4.79 Å². The third-order valence-corrected chi connectivity index (χ3v) is 3.31. The van der Waals surface area contributed by atoms with Crippen molar-refractivity contribution in [3.63, 3.8) is 0 Å². The lowest BCUT2D eigenvalue weighted by atomic mass is 10.2. The summed E-state index contributed by atoms with van der Waals surface area (Å²) in [5.74, 6) is -0.113. The second-order valence-corrected chi connectivity index (χ2v) is 5.24. The largest absolute Gasteiger partial charge is 0.351 e. The van der Waals surface area contributed by atoms with Gasteiger partial charge in [0.25, 0.3) is 5.91 Å². The van der Waals surface area contributed by atoms with Crippen LogP contribution in [0.5, 0.6) is 0 Å². The number of hydrogen-bond donors (Lipinski definition) is 2. The Balaban J connectivity index is 0.00000242. The summed E-state index contributed by atoms with van der Waals surface area (Å²) in [6, 6.07) is 1.95. The zero-order chi connectivity index (χ0) is 15.4. The molecule has 0 unspecified atom stereocenters. The van der Waals surface area contributed by atoms with Crippen LogP contribution in [0.15, 0.2) is 6.07 Å². The van der Waals surface area contributed by atoms with Gasteiger partial charge in [0.1, 0.15) is 5.56 Å². The number of hydrogen-bond acceptors (Lipinski definition) is 4. The van der Waals surface area contributed by atoms with E-state index in [1.165, 1.54) is 0 Å². The molecule has 0 radical (unpaired) electrons. The average Bonchev–Trinajstić information content (AvgIpc) is 2.75. The minimum atomic E-state index is -0.113. The molecule has 0 aromatic carbocycles. The van der Waals surface area contributed by atoms with E-state index in [0.29, 0.717) is 23.4 Å². The number of carbonyl (C=O) groups excluding carboxylic acids is 1. The SMILES string of the molecule is CCCNCCNC(=O)c1c(C)nn2c(C)cc(C)nc12.Cl. The van der Waals surface area contributed by atoms with Crippen LogP contribution in [-0.2, 0) is 0 Å². The highest BCUT2D eigenvalue weighted by Gasteiger charge is 2.19. The fourth-order valence-corrected chi connectivity index (χ4v) is 2.35. The molecule has 0 atom stereocenters. The predicted molar refractivity (Wildman–Crippen MR) is 89.9 cm³/mol. The minimum absolute atomic E-state index is 0. The molecule has 7 heteroatoms. The van der Waals surface area contributed by atoms with E-state index in [0.717, 1.165) is 30.9 Å². The van der Waals surface area contributed by atoms with Crippen LogP contribution in [0.25, 0.3) is 5.65 Å². The van der Waals surface area contributed by atoms with Crippen LogP contribution in [0, 0.1) is 20.8 Å². The molecule has 6 nitrogen and oxygen atoms in total. The number of nitrogens with one attached hydrogen (secondary N) is 2. The van der Waals surface area contributed by atoms with E-state index in [1.54, 1.807) is 4.52 Å². The molecule has 0 saturated heterocycles. The lowest BCUT2D eigenvalue weighted by Gasteiger charge is -2.06. The standard InChI is InChI=1S/C15H23N5O.ClH/c1-5-6-16-7-8-17-15(21)13-12(4)19-20-11(3)9-10(2)18-14(13)20;/h9,16H,5-8H2,1-4H3,(H,17,21);1H. The summed E-state index contributed by atoms with van der Waals surface area (Å²) >= 11 is 0. The van der Waals surface area contributed by atoms with Gasteiger partial charge in [-0.3, -0.25) is 4.79 Å². The van der Waals surface area contributed by atoms with Gasteiger partial charge < -0.3 is 10.6 Å². The first-order chi connectivity index (χ1) is 10.0. The molecule has 2 rings (SSSR count). The van der Waals surface area contributed by atoms with Crippen LogP contribution in [0.1, 0.15) is 40.8 Å². The Morgan fingerprint density at radius 1 is 1.23 bits per heavy atom. The van der Waals surface area contributed by atoms with Crippen LogP contribution in [0.4, 0.5) is 0 Å². The molecule has 2 aromatic rings. The molecule has 0 fully saturated rings. The number of halogens is 1. The number of fused-ring (bicyclic) bond motifs is 1. The molecule has 0 bridgehead atoms. The van der Waals surface area contributed by atoms with Crippen molar-refractivity contribution in [2.45, 2.75) is 34.1 Å². The first kappa shape index (κ1) is 18.4. The van der Waals surface area contributed by atoms with E-state index in [2.05, 4.69) is 27.6 Å². The normalized spacial score (nSPS) is 10.5. The molecule has 2 aromatic heterocycles. The third kappa shape index (κ3) is 3.96. The maximum Gasteiger partial charge on any atom is 0.257 e. The number of aryl methyl sites for hydroxylation is 3. The highest BCUT2D eigenvalue weighted by molar-refractivity contribution is 6.01. The molecule has 122 valence electrons. The van der Waals surface area contributed by atoms with Crippen LogP contribution in [-0.4, -0.2) is 40.1 Å². The monoisotopic (exact) mass is 325 g/mol. The maximum absolute atomic E-state index is 12.4. The van der Waals surface area contributed by atoms with Gasteiger partial charge in [-0.25, -0.2) is 9.50 Å². The van der Waals surface area contributed by atoms with Gasteiger partial charge in [-0.1, -0.05) is 6.92 Å². The van der Waals surface area contributed by atoms with Crippen LogP contribution in [0.3, 0.4) is 0 Å². The zero-order valence-corrected chi connectivity index (χ0v) is 14.4. The van der Waals surface area contributed by atoms with Gasteiger partial charge in [0.15, 0.2) is 5.65 Å². The van der Waals surface area contributed by atoms with E-state index in [4.69, 9.17) is 0 Å². The Kier molecular flexibility index (Phi) is 6.77. The molecule has 22 heavy (non-hydrogen) atoms. The molecule has 0 aliphatic carbocycles. The molecular formula is C15H24ClN5O. The molecule has 0 aliphatic heterocycles. The Morgan fingerprint density at radius 2 is 1.95 bits per heavy atom. The third-order valence-electron chi connectivity index (χ3n) is 3.31. The van der Waals surface area contributed by atoms with E-state index in [-0.39, 0.29) is 18.3 Å². The van der Waals surface area contributed by atoms with Crippen molar-refractivity contribution in [2.75, 3.05) is 19.6 Å².